The summed E-state index contributed by atoms with van der Waals surface area (Å²) in [5, 5.41) is 8.55. The van der Waals surface area contributed by atoms with Gasteiger partial charge in [-0.05, 0) is 35.1 Å². The molecule has 60 valence electrons. The van der Waals surface area contributed by atoms with E-state index in [1.165, 1.54) is 0 Å². The van der Waals surface area contributed by atoms with E-state index in [1.54, 1.807) is 6.20 Å². The van der Waals surface area contributed by atoms with E-state index in [1.807, 2.05) is 6.92 Å². The third-order valence-electron chi connectivity index (χ3n) is 1.50. The highest BCUT2D eigenvalue weighted by molar-refractivity contribution is 14.1. The van der Waals surface area contributed by atoms with Crippen LogP contribution in [0.2, 0.25) is 0 Å². The maximum Gasteiger partial charge on any atom is 0.204 e. The van der Waals surface area contributed by atoms with Gasteiger partial charge in [-0.2, -0.15) is 0 Å². The van der Waals surface area contributed by atoms with Crippen LogP contribution in [0.3, 0.4) is 0 Å². The van der Waals surface area contributed by atoms with Crippen LogP contribution in [-0.4, -0.2) is 22.5 Å². The van der Waals surface area contributed by atoms with Crippen LogP contribution in [0.15, 0.2) is 6.20 Å². The minimum atomic E-state index is -0.433. The van der Waals surface area contributed by atoms with Crippen LogP contribution in [-0.2, 0) is 0 Å². The van der Waals surface area contributed by atoms with E-state index < -0.39 is 6.61 Å². The molecule has 0 spiro atoms. The van der Waals surface area contributed by atoms with Crippen molar-refractivity contribution < 1.29 is 9.90 Å². The molecule has 0 fully saturated rings. The first-order valence-corrected chi connectivity index (χ1v) is 4.22. The van der Waals surface area contributed by atoms with Crippen LogP contribution in [0.25, 0.3) is 0 Å². The molecule has 1 aromatic heterocycles. The fourth-order valence-corrected chi connectivity index (χ4v) is 1.27. The largest absolute Gasteiger partial charge is 0.388 e. The number of ketones is 1. The summed E-state index contributed by atoms with van der Waals surface area (Å²) in [5.74, 6) is -0.259. The Kier molecular flexibility index (Phi) is 2.67. The van der Waals surface area contributed by atoms with Gasteiger partial charge in [0.15, 0.2) is 0 Å². The van der Waals surface area contributed by atoms with Crippen LogP contribution >= 0.6 is 22.6 Å². The van der Waals surface area contributed by atoms with Crippen LogP contribution in [0.5, 0.6) is 0 Å². The fraction of sp³-hybridized carbons (Fsp3) is 0.286. The Hall–Kier alpha value is -0.360. The van der Waals surface area contributed by atoms with Gasteiger partial charge in [-0.1, -0.05) is 0 Å². The Labute approximate surface area is 78.0 Å². The first kappa shape index (κ1) is 8.73. The molecular weight excluding hydrogens is 257 g/mol. The highest BCUT2D eigenvalue weighted by Gasteiger charge is 2.10. The van der Waals surface area contributed by atoms with E-state index in [4.69, 9.17) is 5.11 Å². The van der Waals surface area contributed by atoms with Crippen molar-refractivity contribution in [2.24, 2.45) is 0 Å². The summed E-state index contributed by atoms with van der Waals surface area (Å²) in [6, 6.07) is 0. The molecule has 1 heterocycles. The summed E-state index contributed by atoms with van der Waals surface area (Å²) in [6.07, 6.45) is 1.75. The van der Waals surface area contributed by atoms with E-state index in [0.717, 1.165) is 9.13 Å². The summed E-state index contributed by atoms with van der Waals surface area (Å²) in [5.41, 5.74) is 1.42. The summed E-state index contributed by atoms with van der Waals surface area (Å²) >= 11 is 2.13. The lowest BCUT2D eigenvalue weighted by molar-refractivity contribution is 0.0898. The van der Waals surface area contributed by atoms with Crippen molar-refractivity contribution in [1.29, 1.82) is 0 Å². The molecule has 0 bridgehead atoms. The standard InChI is InChI=1S/C7H8INO2/c1-4-5(8)2-9-7(4)6(11)3-10/h2,9-10H,3H2,1H3. The predicted molar refractivity (Wildman–Crippen MR) is 49.7 cm³/mol. The van der Waals surface area contributed by atoms with Gasteiger partial charge in [0.05, 0.1) is 5.69 Å². The Bertz CT molecular complexity index is 280. The average Bonchev–Trinajstić information content (AvgIpc) is 2.32. The van der Waals surface area contributed by atoms with Gasteiger partial charge in [-0.3, -0.25) is 4.79 Å². The lowest BCUT2D eigenvalue weighted by Gasteiger charge is -1.94. The normalized spacial score (nSPS) is 10.1. The lowest BCUT2D eigenvalue weighted by atomic mass is 10.2. The summed E-state index contributed by atoms with van der Waals surface area (Å²) < 4.78 is 1.01. The minimum absolute atomic E-state index is 0.259. The topological polar surface area (TPSA) is 53.1 Å². The van der Waals surface area contributed by atoms with E-state index in [-0.39, 0.29) is 5.78 Å². The molecule has 0 radical (unpaired) electrons. The second kappa shape index (κ2) is 3.36. The maximum atomic E-state index is 11.0. The zero-order chi connectivity index (χ0) is 8.43. The molecule has 0 unspecified atom stereocenters. The van der Waals surface area contributed by atoms with Crippen molar-refractivity contribution in [1.82, 2.24) is 4.98 Å². The van der Waals surface area contributed by atoms with Crippen molar-refractivity contribution in [2.75, 3.05) is 6.61 Å². The smallest absolute Gasteiger partial charge is 0.204 e. The Morgan fingerprint density at radius 2 is 2.45 bits per heavy atom. The van der Waals surface area contributed by atoms with Gasteiger partial charge < -0.3 is 10.1 Å². The van der Waals surface area contributed by atoms with Gasteiger partial charge in [0, 0.05) is 9.77 Å². The van der Waals surface area contributed by atoms with Crippen molar-refractivity contribution in [3.05, 3.63) is 21.0 Å². The molecular formula is C7H8INO2. The summed E-state index contributed by atoms with van der Waals surface area (Å²) in [4.78, 5) is 13.8. The lowest BCUT2D eigenvalue weighted by Crippen LogP contribution is -2.06. The Balaban J connectivity index is 3.04. The van der Waals surface area contributed by atoms with Gasteiger partial charge in [0.2, 0.25) is 5.78 Å². The van der Waals surface area contributed by atoms with Crippen molar-refractivity contribution in [3.8, 4) is 0 Å². The Morgan fingerprint density at radius 3 is 2.82 bits per heavy atom. The molecule has 0 aliphatic heterocycles. The number of aromatic nitrogens is 1. The van der Waals surface area contributed by atoms with Gasteiger partial charge >= 0.3 is 0 Å². The third kappa shape index (κ3) is 1.62. The molecule has 1 aromatic rings. The van der Waals surface area contributed by atoms with E-state index >= 15 is 0 Å². The van der Waals surface area contributed by atoms with Crippen molar-refractivity contribution in [2.45, 2.75) is 6.92 Å². The molecule has 0 amide bonds. The van der Waals surface area contributed by atoms with Crippen LogP contribution in [0.4, 0.5) is 0 Å². The van der Waals surface area contributed by atoms with E-state index in [0.29, 0.717) is 5.69 Å². The van der Waals surface area contributed by atoms with Crippen LogP contribution in [0, 0.1) is 10.5 Å². The minimum Gasteiger partial charge on any atom is -0.388 e. The number of nitrogens with one attached hydrogen (secondary N) is 1. The number of halogens is 1. The highest BCUT2D eigenvalue weighted by atomic mass is 127. The monoisotopic (exact) mass is 265 g/mol. The van der Waals surface area contributed by atoms with Gasteiger partial charge in [-0.25, -0.2) is 0 Å². The number of rotatable bonds is 2. The number of aromatic amines is 1. The molecule has 0 saturated heterocycles. The number of carbonyl (C=O) groups excluding carboxylic acids is 1. The predicted octanol–water partition coefficient (Wildman–Crippen LogP) is 1.10. The highest BCUT2D eigenvalue weighted by Crippen LogP contribution is 2.14. The molecule has 4 heteroatoms. The number of H-pyrrole nitrogens is 1. The van der Waals surface area contributed by atoms with Gasteiger partial charge in [0.25, 0.3) is 0 Å². The van der Waals surface area contributed by atoms with Crippen molar-refractivity contribution >= 4 is 28.4 Å². The molecule has 2 N–H and O–H groups in total. The number of Topliss-reactive ketones (excluding diaryl/α,β-unsaturated/α-hetero) is 1. The maximum absolute atomic E-state index is 11.0. The second-order valence-corrected chi connectivity index (χ2v) is 3.38. The number of aliphatic hydroxyl groups excluding tert-OH is 1. The van der Waals surface area contributed by atoms with Crippen molar-refractivity contribution in [3.63, 3.8) is 0 Å². The van der Waals surface area contributed by atoms with Crippen LogP contribution in [0.1, 0.15) is 16.1 Å². The molecule has 3 nitrogen and oxygen atoms in total. The zero-order valence-corrected chi connectivity index (χ0v) is 8.18. The number of hydrogen-bond donors (Lipinski definition) is 2. The van der Waals surface area contributed by atoms with E-state index in [2.05, 4.69) is 27.6 Å². The molecule has 11 heavy (non-hydrogen) atoms. The van der Waals surface area contributed by atoms with Gasteiger partial charge in [0.1, 0.15) is 6.61 Å². The molecule has 1 rings (SSSR count). The first-order chi connectivity index (χ1) is 5.16. The number of hydrogen-bond acceptors (Lipinski definition) is 2. The first-order valence-electron chi connectivity index (χ1n) is 3.14. The molecule has 0 aromatic carbocycles. The summed E-state index contributed by atoms with van der Waals surface area (Å²) in [7, 11) is 0. The molecule has 0 aliphatic rings. The Morgan fingerprint density at radius 1 is 1.82 bits per heavy atom. The summed E-state index contributed by atoms with van der Waals surface area (Å²) in [6.45, 7) is 1.42. The molecule has 0 atom stereocenters. The quantitative estimate of drug-likeness (QED) is 0.621. The van der Waals surface area contributed by atoms with Gasteiger partial charge in [-0.15, -0.1) is 0 Å². The van der Waals surface area contributed by atoms with Crippen LogP contribution < -0.4 is 0 Å². The van der Waals surface area contributed by atoms with E-state index in [9.17, 15) is 4.79 Å². The SMILES string of the molecule is Cc1c(I)c[nH]c1C(=O)CO. The average molecular weight is 265 g/mol. The molecule has 0 aliphatic carbocycles. The molecule has 0 saturated carbocycles. The zero-order valence-electron chi connectivity index (χ0n) is 6.02. The third-order valence-corrected chi connectivity index (χ3v) is 2.62. The number of aliphatic hydroxyl groups is 1. The second-order valence-electron chi connectivity index (χ2n) is 2.22. The number of carbonyl (C=O) groups is 1. The fourth-order valence-electron chi connectivity index (χ4n) is 0.840.